The number of amides is 3. The lowest BCUT2D eigenvalue weighted by atomic mass is 9.72. The monoisotopic (exact) mass is 532 g/mol. The van der Waals surface area contributed by atoms with Crippen LogP contribution in [0.4, 0.5) is 4.79 Å². The van der Waals surface area contributed by atoms with E-state index >= 15 is 0 Å². The molecule has 3 aliphatic heterocycles. The van der Waals surface area contributed by atoms with Gasteiger partial charge in [0.2, 0.25) is 11.8 Å². The Labute approximate surface area is 223 Å². The van der Waals surface area contributed by atoms with Crippen LogP contribution < -0.4 is 5.32 Å². The first-order chi connectivity index (χ1) is 17.6. The predicted molar refractivity (Wildman–Crippen MR) is 139 cm³/mol. The molecular formula is C27H37ClN4O5. The van der Waals surface area contributed by atoms with E-state index in [1.807, 2.05) is 30.9 Å². The molecule has 3 fully saturated rings. The van der Waals surface area contributed by atoms with Gasteiger partial charge in [-0.3, -0.25) is 19.3 Å². The van der Waals surface area contributed by atoms with Gasteiger partial charge in [-0.15, -0.1) is 0 Å². The number of Topliss-reactive ketones (excluding diaryl/α,β-unsaturated/α-hetero) is 1. The zero-order valence-corrected chi connectivity index (χ0v) is 22.5. The molecule has 0 spiro atoms. The maximum absolute atomic E-state index is 14.1. The smallest absolute Gasteiger partial charge is 0.407 e. The maximum Gasteiger partial charge on any atom is 0.407 e. The van der Waals surface area contributed by atoms with Crippen LogP contribution in [0.2, 0.25) is 5.02 Å². The molecule has 202 valence electrons. The van der Waals surface area contributed by atoms with Crippen LogP contribution in [0.1, 0.15) is 51.0 Å². The topological polar surface area (TPSA) is 110 Å². The Hall–Kier alpha value is -2.65. The standard InChI is InChI=1S/C27H37ClN4O5/c1-17(2)32-15-20(6-9-23(32)33)25(35)31-12-10-19(11-13-31)24(34)27(30(3)26(36)37)16-29-14-22(27)18-4-7-21(28)8-5-18/h4-5,7-8,17,19-20,22,29H,6,9-16H2,1-3H3,(H,36,37)/t20?,22-,27+/m0/s1. The van der Waals surface area contributed by atoms with Gasteiger partial charge in [0, 0.05) is 69.1 Å². The van der Waals surface area contributed by atoms with E-state index in [1.54, 1.807) is 17.0 Å². The first-order valence-corrected chi connectivity index (χ1v) is 13.5. The summed E-state index contributed by atoms with van der Waals surface area (Å²) in [6, 6.07) is 7.29. The van der Waals surface area contributed by atoms with E-state index in [2.05, 4.69) is 5.32 Å². The fourth-order valence-corrected chi connectivity index (χ4v) is 6.41. The lowest BCUT2D eigenvalue weighted by Crippen LogP contribution is -2.62. The van der Waals surface area contributed by atoms with Gasteiger partial charge in [0.1, 0.15) is 5.54 Å². The number of carbonyl (C=O) groups excluding carboxylic acids is 3. The number of carboxylic acid groups (broad SMARTS) is 1. The number of ketones is 1. The van der Waals surface area contributed by atoms with E-state index < -0.39 is 11.6 Å². The minimum Gasteiger partial charge on any atom is -0.465 e. The zero-order chi connectivity index (χ0) is 26.9. The fraction of sp³-hybridized carbons (Fsp3) is 0.630. The van der Waals surface area contributed by atoms with Crippen molar-refractivity contribution in [1.82, 2.24) is 20.0 Å². The third-order valence-corrected chi connectivity index (χ3v) is 8.75. The van der Waals surface area contributed by atoms with E-state index in [0.29, 0.717) is 56.9 Å². The molecule has 1 aromatic carbocycles. The minimum absolute atomic E-state index is 0.0444. The van der Waals surface area contributed by atoms with Crippen LogP contribution in [-0.2, 0) is 14.4 Å². The van der Waals surface area contributed by atoms with Crippen LogP contribution in [0.25, 0.3) is 0 Å². The quantitative estimate of drug-likeness (QED) is 0.583. The number of nitrogens with zero attached hydrogens (tertiary/aromatic N) is 3. The molecule has 0 aromatic heterocycles. The summed E-state index contributed by atoms with van der Waals surface area (Å²) < 4.78 is 0. The van der Waals surface area contributed by atoms with Crippen molar-refractivity contribution in [2.45, 2.75) is 57.0 Å². The third-order valence-electron chi connectivity index (χ3n) is 8.50. The molecular weight excluding hydrogens is 496 g/mol. The number of piperidine rings is 2. The third kappa shape index (κ3) is 5.21. The summed E-state index contributed by atoms with van der Waals surface area (Å²) in [6.45, 7) is 5.98. The molecule has 3 heterocycles. The van der Waals surface area contributed by atoms with E-state index in [4.69, 9.17) is 11.6 Å². The molecule has 0 bridgehead atoms. The molecule has 1 unspecified atom stereocenters. The summed E-state index contributed by atoms with van der Waals surface area (Å²) in [7, 11) is 1.47. The number of rotatable bonds is 6. The number of hydrogen-bond acceptors (Lipinski definition) is 5. The van der Waals surface area contributed by atoms with Gasteiger partial charge < -0.3 is 20.2 Å². The van der Waals surface area contributed by atoms with Crippen molar-refractivity contribution in [2.24, 2.45) is 11.8 Å². The molecule has 10 heteroatoms. The summed E-state index contributed by atoms with van der Waals surface area (Å²) in [5.74, 6) is -0.867. The second-order valence-corrected chi connectivity index (χ2v) is 11.3. The number of benzene rings is 1. The molecule has 0 radical (unpaired) electrons. The highest BCUT2D eigenvalue weighted by atomic mass is 35.5. The number of hydrogen-bond donors (Lipinski definition) is 2. The molecule has 0 aliphatic carbocycles. The Kier molecular flexibility index (Phi) is 8.14. The van der Waals surface area contributed by atoms with Gasteiger partial charge >= 0.3 is 6.09 Å². The average Bonchev–Trinajstić information content (AvgIpc) is 3.34. The van der Waals surface area contributed by atoms with E-state index in [9.17, 15) is 24.3 Å². The maximum atomic E-state index is 14.1. The van der Waals surface area contributed by atoms with Crippen molar-refractivity contribution in [1.29, 1.82) is 0 Å². The Morgan fingerprint density at radius 2 is 1.76 bits per heavy atom. The highest BCUT2D eigenvalue weighted by Crippen LogP contribution is 2.41. The SMILES string of the molecule is CC(C)N1CC(C(=O)N2CCC(C(=O)[C@@]3(N(C)C(=O)O)CNC[C@H]3c3ccc(Cl)cc3)CC2)CCC1=O. The highest BCUT2D eigenvalue weighted by Gasteiger charge is 2.56. The highest BCUT2D eigenvalue weighted by molar-refractivity contribution is 6.30. The summed E-state index contributed by atoms with van der Waals surface area (Å²) in [4.78, 5) is 56.6. The molecule has 37 heavy (non-hydrogen) atoms. The van der Waals surface area contributed by atoms with E-state index in [1.165, 1.54) is 11.9 Å². The lowest BCUT2D eigenvalue weighted by Gasteiger charge is -2.44. The summed E-state index contributed by atoms with van der Waals surface area (Å²) in [5, 5.41) is 13.8. The van der Waals surface area contributed by atoms with Crippen molar-refractivity contribution in [2.75, 3.05) is 39.8 Å². The number of carbonyl (C=O) groups is 4. The van der Waals surface area contributed by atoms with Gasteiger partial charge in [0.15, 0.2) is 5.78 Å². The average molecular weight is 533 g/mol. The molecule has 2 N–H and O–H groups in total. The second kappa shape index (κ2) is 11.0. The van der Waals surface area contributed by atoms with Crippen LogP contribution in [0, 0.1) is 11.8 Å². The molecule has 3 aliphatic rings. The number of likely N-dealkylation sites (N-methyl/N-ethyl adjacent to an activating group) is 1. The van der Waals surface area contributed by atoms with E-state index in [0.717, 1.165) is 5.56 Å². The van der Waals surface area contributed by atoms with Gasteiger partial charge in [0.25, 0.3) is 0 Å². The van der Waals surface area contributed by atoms with Gasteiger partial charge in [0.05, 0.1) is 5.92 Å². The number of likely N-dealkylation sites (tertiary alicyclic amines) is 2. The molecule has 9 nitrogen and oxygen atoms in total. The van der Waals surface area contributed by atoms with Gasteiger partial charge in [-0.05, 0) is 50.8 Å². The van der Waals surface area contributed by atoms with Gasteiger partial charge in [-0.1, -0.05) is 23.7 Å². The number of nitrogens with one attached hydrogen (secondary N) is 1. The number of halogens is 1. The van der Waals surface area contributed by atoms with Crippen LogP contribution in [0.3, 0.4) is 0 Å². The summed E-state index contributed by atoms with van der Waals surface area (Å²) in [5.41, 5.74) is -0.372. The second-order valence-electron chi connectivity index (χ2n) is 10.8. The zero-order valence-electron chi connectivity index (χ0n) is 21.8. The fourth-order valence-electron chi connectivity index (χ4n) is 6.28. The van der Waals surface area contributed by atoms with Crippen molar-refractivity contribution < 1.29 is 24.3 Å². The Bertz CT molecular complexity index is 1040. The summed E-state index contributed by atoms with van der Waals surface area (Å²) >= 11 is 6.07. The molecule has 3 saturated heterocycles. The predicted octanol–water partition coefficient (Wildman–Crippen LogP) is 2.83. The largest absolute Gasteiger partial charge is 0.465 e. The van der Waals surface area contributed by atoms with Crippen molar-refractivity contribution >= 4 is 35.3 Å². The van der Waals surface area contributed by atoms with Crippen molar-refractivity contribution in [3.8, 4) is 0 Å². The van der Waals surface area contributed by atoms with Crippen LogP contribution in [0.15, 0.2) is 24.3 Å². The Morgan fingerprint density at radius 3 is 2.35 bits per heavy atom. The van der Waals surface area contributed by atoms with Crippen LogP contribution in [-0.4, -0.2) is 94.8 Å². The molecule has 1 aromatic rings. The lowest BCUT2D eigenvalue weighted by molar-refractivity contribution is -0.147. The van der Waals surface area contributed by atoms with Crippen LogP contribution >= 0.6 is 11.6 Å². The normalized spacial score (nSPS) is 27.0. The molecule has 0 saturated carbocycles. The van der Waals surface area contributed by atoms with Gasteiger partial charge in [-0.2, -0.15) is 0 Å². The Morgan fingerprint density at radius 1 is 1.11 bits per heavy atom. The minimum atomic E-state index is -1.24. The van der Waals surface area contributed by atoms with Gasteiger partial charge in [-0.25, -0.2) is 4.79 Å². The molecule has 3 atom stereocenters. The first kappa shape index (κ1) is 27.4. The summed E-state index contributed by atoms with van der Waals surface area (Å²) in [6.07, 6.45) is 0.775. The van der Waals surface area contributed by atoms with Crippen molar-refractivity contribution in [3.63, 3.8) is 0 Å². The molecule has 3 amide bonds. The van der Waals surface area contributed by atoms with Crippen molar-refractivity contribution in [3.05, 3.63) is 34.9 Å². The van der Waals surface area contributed by atoms with E-state index in [-0.39, 0.29) is 47.9 Å². The Balaban J connectivity index is 1.48. The first-order valence-electron chi connectivity index (χ1n) is 13.1. The molecule has 4 rings (SSSR count). The van der Waals surface area contributed by atoms with Crippen LogP contribution in [0.5, 0.6) is 0 Å².